The van der Waals surface area contributed by atoms with Gasteiger partial charge in [-0.1, -0.05) is 12.2 Å². The van der Waals surface area contributed by atoms with Crippen LogP contribution in [0.5, 0.6) is 0 Å². The van der Waals surface area contributed by atoms with Gasteiger partial charge in [-0.15, -0.1) is 0 Å². The van der Waals surface area contributed by atoms with Gasteiger partial charge in [-0.2, -0.15) is 0 Å². The Hall–Kier alpha value is -1.89. The van der Waals surface area contributed by atoms with Crippen LogP contribution in [-0.2, 0) is 19.1 Å². The molecule has 0 bridgehead atoms. The lowest BCUT2D eigenvalue weighted by Gasteiger charge is -2.19. The molecule has 1 aliphatic heterocycles. The lowest BCUT2D eigenvalue weighted by Crippen LogP contribution is -2.41. The number of hydrogen-bond acceptors (Lipinski definition) is 5. The molecule has 0 aromatic carbocycles. The van der Waals surface area contributed by atoms with Crippen LogP contribution < -0.4 is 10.6 Å². The van der Waals surface area contributed by atoms with Gasteiger partial charge in [-0.25, -0.2) is 0 Å². The van der Waals surface area contributed by atoms with E-state index in [9.17, 15) is 14.4 Å². The number of cyclic esters (lactones) is 1. The Bertz CT molecular complexity index is 464. The average Bonchev–Trinajstić information content (AvgIpc) is 2.54. The van der Waals surface area contributed by atoms with E-state index in [-0.39, 0.29) is 43.4 Å². The highest BCUT2D eigenvalue weighted by atomic mass is 16.5. The SMILES string of the molecule is CC(CO)NC(=O)CC1CC=CCCCC(=O)OC(C)CNC1=O. The van der Waals surface area contributed by atoms with Crippen molar-refractivity contribution in [3.8, 4) is 0 Å². The fourth-order valence-electron chi connectivity index (χ4n) is 2.34. The van der Waals surface area contributed by atoms with Gasteiger partial charge < -0.3 is 20.5 Å². The summed E-state index contributed by atoms with van der Waals surface area (Å²) in [6.45, 7) is 3.49. The Labute approximate surface area is 142 Å². The van der Waals surface area contributed by atoms with E-state index in [2.05, 4.69) is 10.6 Å². The fraction of sp³-hybridized carbons (Fsp3) is 0.706. The third-order valence-electron chi connectivity index (χ3n) is 3.72. The number of rotatable bonds is 4. The summed E-state index contributed by atoms with van der Waals surface area (Å²) in [6.07, 6.45) is 5.67. The van der Waals surface area contributed by atoms with Crippen LogP contribution in [0.2, 0.25) is 0 Å². The van der Waals surface area contributed by atoms with Crippen molar-refractivity contribution in [3.05, 3.63) is 12.2 Å². The first-order valence-electron chi connectivity index (χ1n) is 8.44. The van der Waals surface area contributed by atoms with Crippen LogP contribution in [0, 0.1) is 5.92 Å². The van der Waals surface area contributed by atoms with Crippen molar-refractivity contribution in [2.45, 2.75) is 58.1 Å². The van der Waals surface area contributed by atoms with Crippen molar-refractivity contribution >= 4 is 17.8 Å². The highest BCUT2D eigenvalue weighted by Crippen LogP contribution is 2.12. The summed E-state index contributed by atoms with van der Waals surface area (Å²) >= 11 is 0. The molecule has 0 aliphatic carbocycles. The Balaban J connectivity index is 2.67. The maximum absolute atomic E-state index is 12.3. The molecule has 2 amide bonds. The molecule has 7 heteroatoms. The molecule has 0 aromatic heterocycles. The minimum atomic E-state index is -0.490. The Kier molecular flexibility index (Phi) is 9.07. The standard InChI is InChI=1S/C17H28N2O5/c1-12(11-20)19-15(21)9-14-7-5-3-4-6-8-16(22)24-13(2)10-18-17(14)23/h3,5,12-14,20H,4,6-11H2,1-2H3,(H,18,23)(H,19,21). The lowest BCUT2D eigenvalue weighted by atomic mass is 9.98. The first-order chi connectivity index (χ1) is 11.4. The molecule has 1 heterocycles. The van der Waals surface area contributed by atoms with Gasteiger partial charge in [0, 0.05) is 18.9 Å². The largest absolute Gasteiger partial charge is 0.461 e. The van der Waals surface area contributed by atoms with E-state index in [0.29, 0.717) is 19.3 Å². The van der Waals surface area contributed by atoms with E-state index >= 15 is 0 Å². The molecular weight excluding hydrogens is 312 g/mol. The minimum Gasteiger partial charge on any atom is -0.461 e. The quantitative estimate of drug-likeness (QED) is 0.515. The maximum Gasteiger partial charge on any atom is 0.306 e. The Morgan fingerprint density at radius 2 is 2.21 bits per heavy atom. The van der Waals surface area contributed by atoms with E-state index in [0.717, 1.165) is 6.42 Å². The van der Waals surface area contributed by atoms with Gasteiger partial charge in [-0.05, 0) is 33.1 Å². The molecule has 0 fully saturated rings. The molecule has 136 valence electrons. The van der Waals surface area contributed by atoms with E-state index in [1.54, 1.807) is 13.8 Å². The molecule has 1 rings (SSSR count). The second-order valence-electron chi connectivity index (χ2n) is 6.20. The highest BCUT2D eigenvalue weighted by molar-refractivity contribution is 5.86. The number of esters is 1. The summed E-state index contributed by atoms with van der Waals surface area (Å²) in [4.78, 5) is 35.9. The van der Waals surface area contributed by atoms with Crippen molar-refractivity contribution in [1.82, 2.24) is 10.6 Å². The number of nitrogens with one attached hydrogen (secondary N) is 2. The van der Waals surface area contributed by atoms with Crippen LogP contribution in [0.4, 0.5) is 0 Å². The second-order valence-corrected chi connectivity index (χ2v) is 6.20. The van der Waals surface area contributed by atoms with Crippen LogP contribution in [0.3, 0.4) is 0 Å². The van der Waals surface area contributed by atoms with Crippen LogP contribution in [0.25, 0.3) is 0 Å². The van der Waals surface area contributed by atoms with Crippen LogP contribution in [0.1, 0.15) is 46.0 Å². The Morgan fingerprint density at radius 3 is 2.92 bits per heavy atom. The van der Waals surface area contributed by atoms with Crippen molar-refractivity contribution in [2.24, 2.45) is 5.92 Å². The van der Waals surface area contributed by atoms with E-state index < -0.39 is 12.0 Å². The summed E-state index contributed by atoms with van der Waals surface area (Å²) in [7, 11) is 0. The average molecular weight is 340 g/mol. The number of carbonyl (C=O) groups is 3. The number of ether oxygens (including phenoxy) is 1. The molecule has 24 heavy (non-hydrogen) atoms. The normalized spacial score (nSPS) is 24.6. The van der Waals surface area contributed by atoms with E-state index in [4.69, 9.17) is 9.84 Å². The smallest absolute Gasteiger partial charge is 0.306 e. The van der Waals surface area contributed by atoms with Crippen LogP contribution in [-0.4, -0.2) is 48.2 Å². The van der Waals surface area contributed by atoms with Crippen molar-refractivity contribution in [2.75, 3.05) is 13.2 Å². The van der Waals surface area contributed by atoms with Gasteiger partial charge in [0.15, 0.2) is 0 Å². The third-order valence-corrected chi connectivity index (χ3v) is 3.72. The predicted octanol–water partition coefficient (Wildman–Crippen LogP) is 0.668. The zero-order valence-corrected chi connectivity index (χ0v) is 14.4. The second kappa shape index (κ2) is 10.8. The summed E-state index contributed by atoms with van der Waals surface area (Å²) in [5.74, 6) is -1.27. The molecular formula is C17H28N2O5. The molecule has 3 atom stereocenters. The summed E-state index contributed by atoms with van der Waals surface area (Å²) in [5, 5.41) is 14.4. The number of aliphatic hydroxyl groups is 1. The molecule has 0 aromatic rings. The maximum atomic E-state index is 12.3. The Morgan fingerprint density at radius 1 is 1.46 bits per heavy atom. The number of amides is 2. The molecule has 1 aliphatic rings. The number of hydrogen-bond donors (Lipinski definition) is 3. The zero-order chi connectivity index (χ0) is 17.9. The predicted molar refractivity (Wildman–Crippen MR) is 89.0 cm³/mol. The van der Waals surface area contributed by atoms with Crippen LogP contribution in [0.15, 0.2) is 12.2 Å². The molecule has 0 spiro atoms. The highest BCUT2D eigenvalue weighted by Gasteiger charge is 2.22. The summed E-state index contributed by atoms with van der Waals surface area (Å²) in [6, 6.07) is -0.342. The molecule has 7 nitrogen and oxygen atoms in total. The third kappa shape index (κ3) is 8.10. The van der Waals surface area contributed by atoms with Crippen molar-refractivity contribution in [3.63, 3.8) is 0 Å². The topological polar surface area (TPSA) is 105 Å². The minimum absolute atomic E-state index is 0.0503. The lowest BCUT2D eigenvalue weighted by molar-refractivity contribution is -0.148. The van der Waals surface area contributed by atoms with Gasteiger partial charge in [0.05, 0.1) is 19.1 Å². The zero-order valence-electron chi connectivity index (χ0n) is 14.4. The van der Waals surface area contributed by atoms with Gasteiger partial charge in [0.1, 0.15) is 6.10 Å². The number of allylic oxidation sites excluding steroid dienone is 2. The molecule has 3 unspecified atom stereocenters. The van der Waals surface area contributed by atoms with Crippen LogP contribution >= 0.6 is 0 Å². The van der Waals surface area contributed by atoms with Gasteiger partial charge in [0.2, 0.25) is 11.8 Å². The van der Waals surface area contributed by atoms with Gasteiger partial charge in [-0.3, -0.25) is 14.4 Å². The number of carbonyl (C=O) groups excluding carboxylic acids is 3. The molecule has 0 saturated carbocycles. The monoisotopic (exact) mass is 340 g/mol. The van der Waals surface area contributed by atoms with Crippen molar-refractivity contribution in [1.29, 1.82) is 0 Å². The molecule has 0 radical (unpaired) electrons. The van der Waals surface area contributed by atoms with E-state index in [1.165, 1.54) is 0 Å². The van der Waals surface area contributed by atoms with E-state index in [1.807, 2.05) is 12.2 Å². The number of aliphatic hydroxyl groups excluding tert-OH is 1. The molecule has 3 N–H and O–H groups in total. The van der Waals surface area contributed by atoms with Gasteiger partial charge in [0.25, 0.3) is 0 Å². The first-order valence-corrected chi connectivity index (χ1v) is 8.44. The van der Waals surface area contributed by atoms with Gasteiger partial charge >= 0.3 is 5.97 Å². The summed E-state index contributed by atoms with van der Waals surface area (Å²) < 4.78 is 5.21. The fourth-order valence-corrected chi connectivity index (χ4v) is 2.34. The van der Waals surface area contributed by atoms with Crippen molar-refractivity contribution < 1.29 is 24.2 Å². The molecule has 0 saturated heterocycles. The first kappa shape index (κ1) is 20.2. The summed E-state index contributed by atoms with van der Waals surface area (Å²) in [5.41, 5.74) is 0.